The fourth-order valence-corrected chi connectivity index (χ4v) is 4.26. The largest absolute Gasteiger partial charge is 0.494 e. The van der Waals surface area contributed by atoms with E-state index in [1.54, 1.807) is 11.8 Å². The number of imidazole rings is 1. The number of ether oxygens (including phenoxy) is 1. The van der Waals surface area contributed by atoms with Gasteiger partial charge in [0.05, 0.1) is 12.3 Å². The Hall–Kier alpha value is -3.58. The molecule has 0 fully saturated rings. The Morgan fingerprint density at radius 1 is 0.903 bits per heavy atom. The maximum Gasteiger partial charge on any atom is 0.196 e. The maximum atomic E-state index is 5.60. The quantitative estimate of drug-likeness (QED) is 0.331. The Morgan fingerprint density at radius 3 is 2.48 bits per heavy atom. The molecule has 0 unspecified atom stereocenters. The van der Waals surface area contributed by atoms with Crippen LogP contribution in [0, 0.1) is 0 Å². The number of nitrogens with zero attached hydrogens (tertiary/aromatic N) is 5. The summed E-state index contributed by atoms with van der Waals surface area (Å²) in [7, 11) is 0. The lowest BCUT2D eigenvalue weighted by Gasteiger charge is -2.11. The van der Waals surface area contributed by atoms with E-state index in [9.17, 15) is 0 Å². The van der Waals surface area contributed by atoms with Crippen LogP contribution in [0.2, 0.25) is 0 Å². The molecule has 5 aromatic rings. The average molecular weight is 428 g/mol. The van der Waals surface area contributed by atoms with Crippen LogP contribution in [0.15, 0.2) is 90.3 Å². The number of benzene rings is 2. The van der Waals surface area contributed by atoms with E-state index < -0.39 is 0 Å². The van der Waals surface area contributed by atoms with Crippen molar-refractivity contribution in [2.45, 2.75) is 17.8 Å². The molecule has 3 heterocycles. The zero-order valence-corrected chi connectivity index (χ0v) is 17.9. The van der Waals surface area contributed by atoms with Gasteiger partial charge < -0.3 is 9.14 Å². The number of hydrogen-bond donors (Lipinski definition) is 0. The third kappa shape index (κ3) is 4.04. The van der Waals surface area contributed by atoms with Crippen molar-refractivity contribution in [3.63, 3.8) is 0 Å². The first kappa shape index (κ1) is 19.4. The summed E-state index contributed by atoms with van der Waals surface area (Å²) < 4.78 is 9.72. The van der Waals surface area contributed by atoms with Crippen molar-refractivity contribution in [1.82, 2.24) is 24.1 Å². The predicted molar refractivity (Wildman–Crippen MR) is 123 cm³/mol. The summed E-state index contributed by atoms with van der Waals surface area (Å²) in [6.07, 6.45) is 4.06. The number of hydrogen-bond acceptors (Lipinski definition) is 5. The molecule has 7 heteroatoms. The second-order valence-corrected chi connectivity index (χ2v) is 7.86. The molecule has 6 nitrogen and oxygen atoms in total. The van der Waals surface area contributed by atoms with Gasteiger partial charge in [-0.05, 0) is 43.3 Å². The van der Waals surface area contributed by atoms with Crippen LogP contribution in [0.25, 0.3) is 22.7 Å². The number of thioether (sulfide) groups is 1. The molecule has 0 amide bonds. The minimum Gasteiger partial charge on any atom is -0.494 e. The van der Waals surface area contributed by atoms with Crippen LogP contribution in [0.3, 0.4) is 0 Å². The van der Waals surface area contributed by atoms with Gasteiger partial charge >= 0.3 is 0 Å². The molecule has 0 aliphatic carbocycles. The van der Waals surface area contributed by atoms with Gasteiger partial charge in [-0.1, -0.05) is 48.2 Å². The number of aromatic nitrogens is 5. The average Bonchev–Trinajstić information content (AvgIpc) is 3.43. The maximum absolute atomic E-state index is 5.60. The molecule has 0 aliphatic rings. The van der Waals surface area contributed by atoms with E-state index in [-0.39, 0.29) is 0 Å². The van der Waals surface area contributed by atoms with Crippen LogP contribution >= 0.6 is 11.8 Å². The van der Waals surface area contributed by atoms with Crippen molar-refractivity contribution in [2.24, 2.45) is 0 Å². The third-order valence-corrected chi connectivity index (χ3v) is 5.80. The molecule has 0 N–H and O–H groups in total. The van der Waals surface area contributed by atoms with E-state index in [4.69, 9.17) is 9.72 Å². The van der Waals surface area contributed by atoms with Crippen LogP contribution in [0.1, 0.15) is 12.6 Å². The standard InChI is InChI=1S/C24H21N5OS/c1-2-30-21-13-11-20(12-14-21)29-23(18-8-4-3-5-9-18)26-27-24(29)31-17-19-16-28-15-7-6-10-22(28)25-19/h3-16H,2,17H2,1H3. The van der Waals surface area contributed by atoms with E-state index in [0.29, 0.717) is 12.4 Å². The van der Waals surface area contributed by atoms with Gasteiger partial charge in [0.2, 0.25) is 0 Å². The summed E-state index contributed by atoms with van der Waals surface area (Å²) in [4.78, 5) is 4.70. The smallest absolute Gasteiger partial charge is 0.196 e. The van der Waals surface area contributed by atoms with Crippen LogP contribution in [0.4, 0.5) is 0 Å². The van der Waals surface area contributed by atoms with E-state index in [1.165, 1.54) is 0 Å². The van der Waals surface area contributed by atoms with Crippen molar-refractivity contribution < 1.29 is 4.74 Å². The second-order valence-electron chi connectivity index (χ2n) is 6.92. The molecular weight excluding hydrogens is 406 g/mol. The summed E-state index contributed by atoms with van der Waals surface area (Å²) in [6.45, 7) is 2.62. The monoisotopic (exact) mass is 427 g/mol. The van der Waals surface area contributed by atoms with Gasteiger partial charge in [0.25, 0.3) is 0 Å². The molecule has 0 spiro atoms. The van der Waals surface area contributed by atoms with Crippen LogP contribution in [-0.4, -0.2) is 30.8 Å². The lowest BCUT2D eigenvalue weighted by molar-refractivity contribution is 0.340. The minimum atomic E-state index is 0.640. The van der Waals surface area contributed by atoms with Crippen LogP contribution in [-0.2, 0) is 5.75 Å². The summed E-state index contributed by atoms with van der Waals surface area (Å²) in [5.74, 6) is 2.35. The highest BCUT2D eigenvalue weighted by atomic mass is 32.2. The fourth-order valence-electron chi connectivity index (χ4n) is 3.42. The third-order valence-electron chi connectivity index (χ3n) is 4.83. The van der Waals surface area contributed by atoms with Gasteiger partial charge in [0, 0.05) is 29.4 Å². The van der Waals surface area contributed by atoms with E-state index in [0.717, 1.165) is 39.3 Å². The molecule has 2 aromatic carbocycles. The molecule has 154 valence electrons. The highest BCUT2D eigenvalue weighted by Gasteiger charge is 2.17. The van der Waals surface area contributed by atoms with Gasteiger partial charge in [-0.15, -0.1) is 10.2 Å². The topological polar surface area (TPSA) is 57.2 Å². The zero-order chi connectivity index (χ0) is 21.0. The molecule has 31 heavy (non-hydrogen) atoms. The molecule has 0 bridgehead atoms. The molecule has 0 aliphatic heterocycles. The molecule has 0 saturated carbocycles. The molecule has 3 aromatic heterocycles. The Labute approximate surface area is 184 Å². The van der Waals surface area contributed by atoms with Crippen molar-refractivity contribution in [2.75, 3.05) is 6.61 Å². The number of pyridine rings is 1. The van der Waals surface area contributed by atoms with Gasteiger partial charge in [-0.25, -0.2) is 4.98 Å². The Morgan fingerprint density at radius 2 is 1.71 bits per heavy atom. The fraction of sp³-hybridized carbons (Fsp3) is 0.125. The van der Waals surface area contributed by atoms with E-state index >= 15 is 0 Å². The van der Waals surface area contributed by atoms with E-state index in [2.05, 4.69) is 21.0 Å². The summed E-state index contributed by atoms with van der Waals surface area (Å²) in [5.41, 5.74) is 3.95. The summed E-state index contributed by atoms with van der Waals surface area (Å²) in [6, 6.07) is 24.1. The summed E-state index contributed by atoms with van der Waals surface area (Å²) >= 11 is 1.62. The van der Waals surface area contributed by atoms with Gasteiger partial charge in [0.1, 0.15) is 11.4 Å². The Bertz CT molecular complexity index is 1260. The van der Waals surface area contributed by atoms with Gasteiger partial charge in [-0.3, -0.25) is 4.57 Å². The van der Waals surface area contributed by atoms with Gasteiger partial charge in [-0.2, -0.15) is 0 Å². The highest BCUT2D eigenvalue weighted by molar-refractivity contribution is 7.98. The minimum absolute atomic E-state index is 0.640. The molecular formula is C24H21N5OS. The van der Waals surface area contributed by atoms with Crippen molar-refractivity contribution in [1.29, 1.82) is 0 Å². The van der Waals surface area contributed by atoms with Crippen molar-refractivity contribution in [3.05, 3.63) is 90.9 Å². The van der Waals surface area contributed by atoms with Crippen molar-refractivity contribution >= 4 is 17.4 Å². The lowest BCUT2D eigenvalue weighted by Crippen LogP contribution is -2.00. The predicted octanol–water partition coefficient (Wildman–Crippen LogP) is 5.27. The highest BCUT2D eigenvalue weighted by Crippen LogP contribution is 2.30. The number of rotatable bonds is 7. The SMILES string of the molecule is CCOc1ccc(-n2c(SCc3cn4ccccc4n3)nnc2-c2ccccc2)cc1. The second kappa shape index (κ2) is 8.65. The van der Waals surface area contributed by atoms with Crippen LogP contribution < -0.4 is 4.74 Å². The van der Waals surface area contributed by atoms with Crippen LogP contribution in [0.5, 0.6) is 5.75 Å². The molecule has 0 radical (unpaired) electrons. The zero-order valence-electron chi connectivity index (χ0n) is 17.0. The lowest BCUT2D eigenvalue weighted by atomic mass is 10.2. The first-order chi connectivity index (χ1) is 15.3. The molecule has 0 saturated heterocycles. The Balaban J connectivity index is 1.49. The first-order valence-corrected chi connectivity index (χ1v) is 11.1. The molecule has 5 rings (SSSR count). The normalized spacial score (nSPS) is 11.1. The van der Waals surface area contributed by atoms with Gasteiger partial charge in [0.15, 0.2) is 11.0 Å². The molecule has 0 atom stereocenters. The first-order valence-electron chi connectivity index (χ1n) is 10.1. The van der Waals surface area contributed by atoms with Crippen molar-refractivity contribution in [3.8, 4) is 22.8 Å². The van der Waals surface area contributed by atoms with E-state index in [1.807, 2.05) is 90.3 Å². The Kier molecular flexibility index (Phi) is 5.41. The number of fused-ring (bicyclic) bond motifs is 1. The summed E-state index contributed by atoms with van der Waals surface area (Å²) in [5, 5.41) is 9.84.